The van der Waals surface area contributed by atoms with E-state index in [1.165, 1.54) is 0 Å². The second-order valence-electron chi connectivity index (χ2n) is 6.03. The molecule has 3 heteroatoms. The van der Waals surface area contributed by atoms with Gasteiger partial charge in [-0.3, -0.25) is 4.79 Å². The van der Waals surface area contributed by atoms with Gasteiger partial charge in [0.1, 0.15) is 0 Å². The Hall–Kier alpha value is -0.570. The lowest BCUT2D eigenvalue weighted by atomic mass is 9.95. The van der Waals surface area contributed by atoms with Gasteiger partial charge >= 0.3 is 0 Å². The average molecular weight is 228 g/mol. The standard InChI is InChI=1S/C13H28N2O/c1-11(8-9-14)6-7-12(16)15(5)10-13(2,3)4/h11H,6-10,14H2,1-5H3. The van der Waals surface area contributed by atoms with Crippen LogP contribution < -0.4 is 5.73 Å². The summed E-state index contributed by atoms with van der Waals surface area (Å²) in [5.74, 6) is 0.802. The summed E-state index contributed by atoms with van der Waals surface area (Å²) in [6, 6.07) is 0. The van der Waals surface area contributed by atoms with E-state index in [-0.39, 0.29) is 11.3 Å². The van der Waals surface area contributed by atoms with Crippen molar-refractivity contribution < 1.29 is 4.79 Å². The first kappa shape index (κ1) is 15.4. The lowest BCUT2D eigenvalue weighted by Gasteiger charge is -2.27. The number of hydrogen-bond donors (Lipinski definition) is 1. The van der Waals surface area contributed by atoms with Crippen molar-refractivity contribution in [2.45, 2.75) is 47.0 Å². The molecule has 0 fully saturated rings. The van der Waals surface area contributed by atoms with Crippen LogP contribution in [0.15, 0.2) is 0 Å². The van der Waals surface area contributed by atoms with Crippen molar-refractivity contribution in [1.82, 2.24) is 4.90 Å². The van der Waals surface area contributed by atoms with Gasteiger partial charge in [-0.2, -0.15) is 0 Å². The molecule has 0 bridgehead atoms. The summed E-state index contributed by atoms with van der Waals surface area (Å²) in [6.45, 7) is 10.1. The summed E-state index contributed by atoms with van der Waals surface area (Å²) in [5, 5.41) is 0. The molecule has 0 heterocycles. The largest absolute Gasteiger partial charge is 0.345 e. The van der Waals surface area contributed by atoms with E-state index in [1.807, 2.05) is 11.9 Å². The molecule has 0 aromatic heterocycles. The molecular weight excluding hydrogens is 200 g/mol. The molecule has 0 aromatic carbocycles. The molecule has 1 atom stereocenters. The van der Waals surface area contributed by atoms with Gasteiger partial charge < -0.3 is 10.6 Å². The van der Waals surface area contributed by atoms with E-state index in [4.69, 9.17) is 5.73 Å². The maximum absolute atomic E-state index is 11.8. The summed E-state index contributed by atoms with van der Waals surface area (Å²) < 4.78 is 0. The van der Waals surface area contributed by atoms with E-state index in [1.54, 1.807) is 0 Å². The summed E-state index contributed by atoms with van der Waals surface area (Å²) >= 11 is 0. The van der Waals surface area contributed by atoms with Crippen molar-refractivity contribution in [1.29, 1.82) is 0 Å². The highest BCUT2D eigenvalue weighted by atomic mass is 16.2. The zero-order valence-electron chi connectivity index (χ0n) is 11.5. The third-order valence-corrected chi connectivity index (χ3v) is 2.65. The number of nitrogens with zero attached hydrogens (tertiary/aromatic N) is 1. The molecule has 0 aliphatic rings. The fraction of sp³-hybridized carbons (Fsp3) is 0.923. The Labute approximate surface area is 100 Å². The van der Waals surface area contributed by atoms with Gasteiger partial charge in [0.2, 0.25) is 5.91 Å². The second-order valence-corrected chi connectivity index (χ2v) is 6.03. The monoisotopic (exact) mass is 228 g/mol. The normalized spacial score (nSPS) is 13.6. The number of amides is 1. The Kier molecular flexibility index (Phi) is 6.65. The number of carbonyl (C=O) groups is 1. The molecule has 0 aromatic rings. The number of carbonyl (C=O) groups excluding carboxylic acids is 1. The first-order valence-electron chi connectivity index (χ1n) is 6.20. The van der Waals surface area contributed by atoms with Crippen LogP contribution in [-0.2, 0) is 4.79 Å². The second kappa shape index (κ2) is 6.89. The fourth-order valence-corrected chi connectivity index (χ4v) is 1.79. The van der Waals surface area contributed by atoms with E-state index >= 15 is 0 Å². The lowest BCUT2D eigenvalue weighted by Crippen LogP contribution is -2.34. The summed E-state index contributed by atoms with van der Waals surface area (Å²) in [6.07, 6.45) is 2.61. The van der Waals surface area contributed by atoms with Gasteiger partial charge in [0, 0.05) is 20.0 Å². The number of rotatable bonds is 6. The summed E-state index contributed by atoms with van der Waals surface area (Å²) in [7, 11) is 1.89. The van der Waals surface area contributed by atoms with Crippen LogP contribution in [0.25, 0.3) is 0 Å². The number of hydrogen-bond acceptors (Lipinski definition) is 2. The van der Waals surface area contributed by atoms with Crippen molar-refractivity contribution in [2.24, 2.45) is 17.1 Å². The van der Waals surface area contributed by atoms with Gasteiger partial charge in [-0.25, -0.2) is 0 Å². The van der Waals surface area contributed by atoms with Crippen LogP contribution in [-0.4, -0.2) is 30.9 Å². The summed E-state index contributed by atoms with van der Waals surface area (Å²) in [4.78, 5) is 13.7. The Balaban J connectivity index is 3.88. The highest BCUT2D eigenvalue weighted by molar-refractivity contribution is 5.75. The van der Waals surface area contributed by atoms with Gasteiger partial charge in [0.25, 0.3) is 0 Å². The predicted octanol–water partition coefficient (Wildman–Crippen LogP) is 2.26. The van der Waals surface area contributed by atoms with E-state index in [0.29, 0.717) is 18.9 Å². The molecule has 1 amide bonds. The van der Waals surface area contributed by atoms with Gasteiger partial charge in [-0.15, -0.1) is 0 Å². The maximum Gasteiger partial charge on any atom is 0.222 e. The molecule has 3 nitrogen and oxygen atoms in total. The molecule has 16 heavy (non-hydrogen) atoms. The van der Waals surface area contributed by atoms with Crippen LogP contribution >= 0.6 is 0 Å². The van der Waals surface area contributed by atoms with Crippen molar-refractivity contribution >= 4 is 5.91 Å². The van der Waals surface area contributed by atoms with E-state index < -0.39 is 0 Å². The van der Waals surface area contributed by atoms with Gasteiger partial charge in [0.05, 0.1) is 0 Å². The Bertz CT molecular complexity index is 208. The molecule has 0 saturated carbocycles. The number of nitrogens with two attached hydrogens (primary N) is 1. The first-order chi connectivity index (χ1) is 7.26. The van der Waals surface area contributed by atoms with E-state index in [9.17, 15) is 4.79 Å². The van der Waals surface area contributed by atoms with Crippen LogP contribution in [0, 0.1) is 11.3 Å². The zero-order valence-corrected chi connectivity index (χ0v) is 11.5. The minimum atomic E-state index is 0.174. The van der Waals surface area contributed by atoms with E-state index in [2.05, 4.69) is 27.7 Å². The quantitative estimate of drug-likeness (QED) is 0.758. The zero-order chi connectivity index (χ0) is 12.8. The lowest BCUT2D eigenvalue weighted by molar-refractivity contribution is -0.131. The minimum absolute atomic E-state index is 0.174. The SMILES string of the molecule is CC(CCN)CCC(=O)N(C)CC(C)(C)C. The predicted molar refractivity (Wildman–Crippen MR) is 69.2 cm³/mol. The maximum atomic E-state index is 11.8. The van der Waals surface area contributed by atoms with Crippen LogP contribution in [0.3, 0.4) is 0 Å². The third kappa shape index (κ3) is 7.69. The molecule has 2 N–H and O–H groups in total. The molecule has 0 rings (SSSR count). The molecule has 1 unspecified atom stereocenters. The molecular formula is C13H28N2O. The fourth-order valence-electron chi connectivity index (χ4n) is 1.79. The molecule has 0 radical (unpaired) electrons. The molecule has 96 valence electrons. The highest BCUT2D eigenvalue weighted by Gasteiger charge is 2.17. The average Bonchev–Trinajstić information content (AvgIpc) is 2.11. The Morgan fingerprint density at radius 3 is 2.31 bits per heavy atom. The molecule has 0 aliphatic carbocycles. The minimum Gasteiger partial charge on any atom is -0.345 e. The first-order valence-corrected chi connectivity index (χ1v) is 6.20. The van der Waals surface area contributed by atoms with Crippen molar-refractivity contribution in [3.63, 3.8) is 0 Å². The highest BCUT2D eigenvalue weighted by Crippen LogP contribution is 2.16. The van der Waals surface area contributed by atoms with Crippen LogP contribution in [0.2, 0.25) is 0 Å². The third-order valence-electron chi connectivity index (χ3n) is 2.65. The van der Waals surface area contributed by atoms with Crippen molar-refractivity contribution in [2.75, 3.05) is 20.1 Å². The smallest absolute Gasteiger partial charge is 0.222 e. The van der Waals surface area contributed by atoms with E-state index in [0.717, 1.165) is 19.4 Å². The molecule has 0 saturated heterocycles. The van der Waals surface area contributed by atoms with Gasteiger partial charge in [-0.1, -0.05) is 27.7 Å². The Morgan fingerprint density at radius 1 is 1.31 bits per heavy atom. The Morgan fingerprint density at radius 2 is 1.88 bits per heavy atom. The summed E-state index contributed by atoms with van der Waals surface area (Å²) in [5.41, 5.74) is 5.66. The topological polar surface area (TPSA) is 46.3 Å². The van der Waals surface area contributed by atoms with Crippen molar-refractivity contribution in [3.05, 3.63) is 0 Å². The van der Waals surface area contributed by atoms with Crippen LogP contribution in [0.4, 0.5) is 0 Å². The molecule has 0 aliphatic heterocycles. The van der Waals surface area contributed by atoms with Gasteiger partial charge in [0.15, 0.2) is 0 Å². The van der Waals surface area contributed by atoms with Crippen LogP contribution in [0.1, 0.15) is 47.0 Å². The van der Waals surface area contributed by atoms with Crippen molar-refractivity contribution in [3.8, 4) is 0 Å². The molecule has 0 spiro atoms. The van der Waals surface area contributed by atoms with Crippen LogP contribution in [0.5, 0.6) is 0 Å². The van der Waals surface area contributed by atoms with Gasteiger partial charge in [-0.05, 0) is 30.7 Å².